The number of fused-ring (bicyclic) bond motifs is 5. The minimum atomic E-state index is -0.431. The van der Waals surface area contributed by atoms with Crippen LogP contribution in [0.3, 0.4) is 0 Å². The number of carbonyl (C=O) groups excluding carboxylic acids is 2. The molecule has 4 aliphatic carbocycles. The van der Waals surface area contributed by atoms with Crippen LogP contribution in [0.4, 0.5) is 0 Å². The molecule has 3 saturated carbocycles. The summed E-state index contributed by atoms with van der Waals surface area (Å²) >= 11 is 0. The standard InChI is InChI=1S/C45H77NO5/c1-9-10-29-50-43(48)32-37(51-42(47)19-15-28-46(7)8)18-12-11-13-30-49-36-24-26-44(5)35(31-36)20-21-38-40-23-22-39(34(4)17-14-16-33(2)3)45(40,6)27-25-41(38)44/h9-10,20,33-34,36-41H,11-19,21-32H2,1-8H3/b10-9-/t34-,36+,37?,38?,39-,40?,41?,44+,45-/m1/s1. The van der Waals surface area contributed by atoms with Crippen molar-refractivity contribution in [3.8, 4) is 0 Å². The summed E-state index contributed by atoms with van der Waals surface area (Å²) in [4.78, 5) is 27.0. The Morgan fingerprint density at radius 2 is 1.73 bits per heavy atom. The summed E-state index contributed by atoms with van der Waals surface area (Å²) in [6, 6.07) is 0. The molecule has 0 N–H and O–H groups in total. The van der Waals surface area contributed by atoms with Crippen LogP contribution >= 0.6 is 0 Å². The molecule has 0 aromatic heterocycles. The minimum Gasteiger partial charge on any atom is -0.462 e. The second-order valence-electron chi connectivity index (χ2n) is 18.3. The highest BCUT2D eigenvalue weighted by atomic mass is 16.6. The number of allylic oxidation sites excluding steroid dienone is 2. The fourth-order valence-corrected chi connectivity index (χ4v) is 11.2. The van der Waals surface area contributed by atoms with Crippen molar-refractivity contribution in [2.45, 2.75) is 169 Å². The van der Waals surface area contributed by atoms with Gasteiger partial charge in [-0.1, -0.05) is 84.1 Å². The number of nitrogens with zero attached hydrogens (tertiary/aromatic N) is 1. The maximum atomic E-state index is 12.5. The van der Waals surface area contributed by atoms with Crippen LogP contribution in [0.1, 0.15) is 157 Å². The first-order chi connectivity index (χ1) is 24.4. The molecular weight excluding hydrogens is 634 g/mol. The summed E-state index contributed by atoms with van der Waals surface area (Å²) in [5, 5.41) is 0. The van der Waals surface area contributed by atoms with Crippen LogP contribution in [0.5, 0.6) is 0 Å². The van der Waals surface area contributed by atoms with Gasteiger partial charge in [-0.2, -0.15) is 0 Å². The monoisotopic (exact) mass is 712 g/mol. The smallest absolute Gasteiger partial charge is 0.309 e. The molecule has 4 unspecified atom stereocenters. The van der Waals surface area contributed by atoms with E-state index in [2.05, 4.69) is 45.6 Å². The average Bonchev–Trinajstić information content (AvgIpc) is 3.43. The molecule has 0 amide bonds. The zero-order chi connectivity index (χ0) is 37.0. The first-order valence-electron chi connectivity index (χ1n) is 21.3. The maximum Gasteiger partial charge on any atom is 0.309 e. The molecule has 0 bridgehead atoms. The Morgan fingerprint density at radius 1 is 0.922 bits per heavy atom. The molecule has 292 valence electrons. The molecule has 4 rings (SSSR count). The van der Waals surface area contributed by atoms with Gasteiger partial charge in [0, 0.05) is 13.0 Å². The summed E-state index contributed by atoms with van der Waals surface area (Å²) in [6.07, 6.45) is 25.9. The van der Waals surface area contributed by atoms with Gasteiger partial charge in [-0.15, -0.1) is 0 Å². The van der Waals surface area contributed by atoms with Gasteiger partial charge >= 0.3 is 11.9 Å². The van der Waals surface area contributed by atoms with Gasteiger partial charge < -0.3 is 19.1 Å². The van der Waals surface area contributed by atoms with Crippen molar-refractivity contribution >= 4 is 11.9 Å². The number of carbonyl (C=O) groups is 2. The zero-order valence-electron chi connectivity index (χ0n) is 34.2. The minimum absolute atomic E-state index is 0.114. The molecule has 0 aliphatic heterocycles. The number of hydrogen-bond donors (Lipinski definition) is 0. The largest absolute Gasteiger partial charge is 0.462 e. The molecule has 0 saturated heterocycles. The summed E-state index contributed by atoms with van der Waals surface area (Å²) in [7, 11) is 3.99. The molecule has 6 heteroatoms. The van der Waals surface area contributed by atoms with Crippen molar-refractivity contribution in [3.05, 3.63) is 23.8 Å². The third-order valence-electron chi connectivity index (χ3n) is 14.0. The molecule has 51 heavy (non-hydrogen) atoms. The van der Waals surface area contributed by atoms with Gasteiger partial charge in [-0.3, -0.25) is 9.59 Å². The van der Waals surface area contributed by atoms with E-state index < -0.39 is 6.10 Å². The number of rotatable bonds is 21. The Balaban J connectivity index is 1.21. The molecule has 3 fully saturated rings. The van der Waals surface area contributed by atoms with Gasteiger partial charge in [0.1, 0.15) is 12.7 Å². The fourth-order valence-electron chi connectivity index (χ4n) is 11.2. The normalized spacial score (nSPS) is 31.6. The van der Waals surface area contributed by atoms with E-state index in [0.717, 1.165) is 80.8 Å². The number of ether oxygens (including phenoxy) is 3. The number of unbranched alkanes of at least 4 members (excludes halogenated alkanes) is 2. The Kier molecular flexibility index (Phi) is 16.6. The Hall–Kier alpha value is -1.66. The van der Waals surface area contributed by atoms with Crippen LogP contribution in [0.25, 0.3) is 0 Å². The van der Waals surface area contributed by atoms with Gasteiger partial charge in [0.2, 0.25) is 0 Å². The predicted molar refractivity (Wildman–Crippen MR) is 209 cm³/mol. The molecule has 0 aromatic carbocycles. The Bertz CT molecular complexity index is 1150. The molecule has 0 heterocycles. The molecule has 0 radical (unpaired) electrons. The van der Waals surface area contributed by atoms with Crippen LogP contribution in [-0.2, 0) is 23.8 Å². The zero-order valence-corrected chi connectivity index (χ0v) is 34.2. The van der Waals surface area contributed by atoms with E-state index in [0.29, 0.717) is 29.8 Å². The van der Waals surface area contributed by atoms with Crippen molar-refractivity contribution in [1.29, 1.82) is 0 Å². The number of hydrogen-bond acceptors (Lipinski definition) is 6. The molecule has 0 spiro atoms. The van der Waals surface area contributed by atoms with Crippen LogP contribution in [0.2, 0.25) is 0 Å². The summed E-state index contributed by atoms with van der Waals surface area (Å²) < 4.78 is 17.6. The van der Waals surface area contributed by atoms with Crippen LogP contribution in [0.15, 0.2) is 23.8 Å². The van der Waals surface area contributed by atoms with E-state index in [1.807, 2.05) is 27.1 Å². The van der Waals surface area contributed by atoms with Crippen LogP contribution < -0.4 is 0 Å². The van der Waals surface area contributed by atoms with Crippen molar-refractivity contribution in [1.82, 2.24) is 4.90 Å². The fraction of sp³-hybridized carbons (Fsp3) is 0.867. The Morgan fingerprint density at radius 3 is 2.47 bits per heavy atom. The van der Waals surface area contributed by atoms with Crippen LogP contribution in [0, 0.1) is 46.3 Å². The van der Waals surface area contributed by atoms with E-state index in [4.69, 9.17) is 14.2 Å². The van der Waals surface area contributed by atoms with Crippen molar-refractivity contribution < 1.29 is 23.8 Å². The summed E-state index contributed by atoms with van der Waals surface area (Å²) in [5.41, 5.74) is 2.61. The highest BCUT2D eigenvalue weighted by Crippen LogP contribution is 2.67. The summed E-state index contributed by atoms with van der Waals surface area (Å²) in [6.45, 7) is 16.4. The Labute approximate surface area is 313 Å². The molecule has 0 aromatic rings. The van der Waals surface area contributed by atoms with Gasteiger partial charge in [0.05, 0.1) is 12.5 Å². The van der Waals surface area contributed by atoms with Gasteiger partial charge in [-0.05, 0) is 151 Å². The first kappa shape index (κ1) is 42.1. The highest BCUT2D eigenvalue weighted by Gasteiger charge is 2.59. The third kappa shape index (κ3) is 11.7. The average molecular weight is 712 g/mol. The van der Waals surface area contributed by atoms with E-state index in [1.54, 1.807) is 11.6 Å². The third-order valence-corrected chi connectivity index (χ3v) is 14.0. The second-order valence-corrected chi connectivity index (χ2v) is 18.3. The van der Waals surface area contributed by atoms with E-state index in [9.17, 15) is 9.59 Å². The van der Waals surface area contributed by atoms with Crippen molar-refractivity contribution in [3.63, 3.8) is 0 Å². The topological polar surface area (TPSA) is 65.1 Å². The summed E-state index contributed by atoms with van der Waals surface area (Å²) in [5.74, 6) is 4.71. The quantitative estimate of drug-likeness (QED) is 0.0671. The lowest BCUT2D eigenvalue weighted by Crippen LogP contribution is -2.51. The van der Waals surface area contributed by atoms with Gasteiger partial charge in [0.15, 0.2) is 0 Å². The van der Waals surface area contributed by atoms with E-state index in [1.165, 1.54) is 64.2 Å². The highest BCUT2D eigenvalue weighted by molar-refractivity contribution is 5.72. The molecule has 4 aliphatic rings. The second kappa shape index (κ2) is 20.1. The predicted octanol–water partition coefficient (Wildman–Crippen LogP) is 10.7. The lowest BCUT2D eigenvalue weighted by molar-refractivity contribution is -0.155. The molecule has 6 nitrogen and oxygen atoms in total. The molecular formula is C45H77NO5. The number of esters is 2. The van der Waals surface area contributed by atoms with E-state index >= 15 is 0 Å². The van der Waals surface area contributed by atoms with E-state index in [-0.39, 0.29) is 25.0 Å². The van der Waals surface area contributed by atoms with Crippen molar-refractivity contribution in [2.75, 3.05) is 33.9 Å². The lowest BCUT2D eigenvalue weighted by atomic mass is 9.47. The van der Waals surface area contributed by atoms with Crippen molar-refractivity contribution in [2.24, 2.45) is 46.3 Å². The lowest BCUT2D eigenvalue weighted by Gasteiger charge is -2.58. The maximum absolute atomic E-state index is 12.5. The van der Waals surface area contributed by atoms with Crippen LogP contribution in [-0.4, -0.2) is 62.9 Å². The molecule has 9 atom stereocenters. The van der Waals surface area contributed by atoms with Gasteiger partial charge in [0.25, 0.3) is 0 Å². The van der Waals surface area contributed by atoms with Gasteiger partial charge in [-0.25, -0.2) is 0 Å². The first-order valence-corrected chi connectivity index (χ1v) is 21.3. The SMILES string of the molecule is C/C=C\COC(=O)CC(CCCCCO[C@H]1CC[C@@]2(C)C(=CCC3C2CC[C@@]2(C)C3CC[C@@H]2[C@H](C)CCCC(C)C)C1)OC(=O)CCCN(C)C.